The van der Waals surface area contributed by atoms with Crippen molar-refractivity contribution < 1.29 is 9.47 Å². The summed E-state index contributed by atoms with van der Waals surface area (Å²) < 4.78 is 12.5. The Morgan fingerprint density at radius 2 is 2.28 bits per heavy atom. The van der Waals surface area contributed by atoms with Gasteiger partial charge in [0.25, 0.3) is 0 Å². The van der Waals surface area contributed by atoms with Crippen molar-refractivity contribution in [2.45, 2.75) is 38.4 Å². The van der Waals surface area contributed by atoms with Crippen molar-refractivity contribution in [3.8, 4) is 0 Å². The molecule has 1 aromatic heterocycles. The number of methoxy groups -OCH3 is 1. The van der Waals surface area contributed by atoms with Gasteiger partial charge in [-0.1, -0.05) is 0 Å². The molecule has 0 saturated heterocycles. The third kappa shape index (κ3) is 5.16. The average Bonchev–Trinajstić information content (AvgIpc) is 3.11. The van der Waals surface area contributed by atoms with E-state index in [1.807, 2.05) is 6.33 Å². The second kappa shape index (κ2) is 7.51. The van der Waals surface area contributed by atoms with E-state index in [4.69, 9.17) is 9.47 Å². The number of nitrogens with one attached hydrogen (secondary N) is 1. The molecule has 0 amide bonds. The van der Waals surface area contributed by atoms with E-state index >= 15 is 0 Å². The first kappa shape index (κ1) is 13.5. The average molecular weight is 253 g/mol. The third-order valence-electron chi connectivity index (χ3n) is 2.97. The van der Waals surface area contributed by atoms with E-state index in [0.29, 0.717) is 13.2 Å². The summed E-state index contributed by atoms with van der Waals surface area (Å²) in [6.07, 6.45) is 7.66. The predicted molar refractivity (Wildman–Crippen MR) is 69.4 cm³/mol. The standard InChI is InChI=1S/C13H23N3O2/c1-17-7-8-18-6-2-5-16-10-13(15-11-16)9-14-12-3-4-12/h10-12,14H,2-9H2,1H3. The zero-order chi connectivity index (χ0) is 12.6. The van der Waals surface area contributed by atoms with Crippen molar-refractivity contribution in [1.29, 1.82) is 0 Å². The van der Waals surface area contributed by atoms with Crippen molar-refractivity contribution in [2.75, 3.05) is 26.9 Å². The van der Waals surface area contributed by atoms with Crippen LogP contribution in [0, 0.1) is 0 Å². The van der Waals surface area contributed by atoms with Crippen LogP contribution in [0.15, 0.2) is 12.5 Å². The molecule has 0 unspecified atom stereocenters. The fourth-order valence-corrected chi connectivity index (χ4v) is 1.75. The molecule has 5 nitrogen and oxygen atoms in total. The SMILES string of the molecule is COCCOCCCn1cnc(CNC2CC2)c1. The number of aromatic nitrogens is 2. The zero-order valence-electron chi connectivity index (χ0n) is 11.1. The van der Waals surface area contributed by atoms with Gasteiger partial charge in [0.05, 0.1) is 25.2 Å². The summed E-state index contributed by atoms with van der Waals surface area (Å²) >= 11 is 0. The van der Waals surface area contributed by atoms with Crippen molar-refractivity contribution in [1.82, 2.24) is 14.9 Å². The number of aryl methyl sites for hydroxylation is 1. The van der Waals surface area contributed by atoms with Crippen LogP contribution in [0.2, 0.25) is 0 Å². The van der Waals surface area contributed by atoms with E-state index in [1.54, 1.807) is 7.11 Å². The number of imidazole rings is 1. The molecule has 18 heavy (non-hydrogen) atoms. The van der Waals surface area contributed by atoms with Crippen LogP contribution < -0.4 is 5.32 Å². The van der Waals surface area contributed by atoms with Crippen LogP contribution in [-0.2, 0) is 22.6 Å². The molecular weight excluding hydrogens is 230 g/mol. The lowest BCUT2D eigenvalue weighted by molar-refractivity contribution is 0.0680. The van der Waals surface area contributed by atoms with Crippen molar-refractivity contribution >= 4 is 0 Å². The van der Waals surface area contributed by atoms with E-state index < -0.39 is 0 Å². The molecule has 2 rings (SSSR count). The number of hydrogen-bond donors (Lipinski definition) is 1. The highest BCUT2D eigenvalue weighted by Crippen LogP contribution is 2.18. The molecule has 0 radical (unpaired) electrons. The summed E-state index contributed by atoms with van der Waals surface area (Å²) in [5.41, 5.74) is 1.13. The molecule has 1 fully saturated rings. The lowest BCUT2D eigenvalue weighted by atomic mass is 10.4. The quantitative estimate of drug-likeness (QED) is 0.636. The van der Waals surface area contributed by atoms with Crippen LogP contribution in [0.1, 0.15) is 25.0 Å². The van der Waals surface area contributed by atoms with Crippen LogP contribution in [0.4, 0.5) is 0 Å². The molecular formula is C13H23N3O2. The van der Waals surface area contributed by atoms with Crippen LogP contribution in [0.5, 0.6) is 0 Å². The number of rotatable bonds is 10. The molecule has 102 valence electrons. The van der Waals surface area contributed by atoms with Crippen LogP contribution in [-0.4, -0.2) is 42.5 Å². The van der Waals surface area contributed by atoms with Gasteiger partial charge in [-0.2, -0.15) is 0 Å². The summed E-state index contributed by atoms with van der Waals surface area (Å²) in [6, 6.07) is 0.740. The minimum Gasteiger partial charge on any atom is -0.382 e. The third-order valence-corrected chi connectivity index (χ3v) is 2.97. The topological polar surface area (TPSA) is 48.3 Å². The highest BCUT2D eigenvalue weighted by atomic mass is 16.5. The first-order chi connectivity index (χ1) is 8.88. The van der Waals surface area contributed by atoms with Gasteiger partial charge < -0.3 is 19.4 Å². The first-order valence-corrected chi connectivity index (χ1v) is 6.69. The molecule has 0 atom stereocenters. The second-order valence-corrected chi connectivity index (χ2v) is 4.72. The van der Waals surface area contributed by atoms with Gasteiger partial charge in [0.15, 0.2) is 0 Å². The molecule has 1 aliphatic rings. The predicted octanol–water partition coefficient (Wildman–Crippen LogP) is 1.19. The Morgan fingerprint density at radius 1 is 1.39 bits per heavy atom. The Bertz CT molecular complexity index is 337. The molecule has 0 bridgehead atoms. The normalized spacial score (nSPS) is 15.2. The van der Waals surface area contributed by atoms with Crippen LogP contribution >= 0.6 is 0 Å². The van der Waals surface area contributed by atoms with Gasteiger partial charge in [0, 0.05) is 39.0 Å². The molecule has 1 aromatic rings. The van der Waals surface area contributed by atoms with E-state index in [-0.39, 0.29) is 0 Å². The van der Waals surface area contributed by atoms with Crippen molar-refractivity contribution in [3.63, 3.8) is 0 Å². The summed E-state index contributed by atoms with van der Waals surface area (Å²) in [5.74, 6) is 0. The second-order valence-electron chi connectivity index (χ2n) is 4.72. The van der Waals surface area contributed by atoms with E-state index in [0.717, 1.165) is 37.9 Å². The van der Waals surface area contributed by atoms with E-state index in [9.17, 15) is 0 Å². The zero-order valence-corrected chi connectivity index (χ0v) is 11.1. The van der Waals surface area contributed by atoms with Gasteiger partial charge in [-0.05, 0) is 19.3 Å². The molecule has 1 N–H and O–H groups in total. The van der Waals surface area contributed by atoms with Gasteiger partial charge in [0.1, 0.15) is 0 Å². The largest absolute Gasteiger partial charge is 0.382 e. The summed E-state index contributed by atoms with van der Waals surface area (Å²) in [4.78, 5) is 4.38. The lowest BCUT2D eigenvalue weighted by Crippen LogP contribution is -2.15. The fourth-order valence-electron chi connectivity index (χ4n) is 1.75. The first-order valence-electron chi connectivity index (χ1n) is 6.69. The smallest absolute Gasteiger partial charge is 0.0949 e. The molecule has 5 heteroatoms. The van der Waals surface area contributed by atoms with E-state index in [2.05, 4.69) is 21.1 Å². The molecule has 0 aliphatic heterocycles. The monoisotopic (exact) mass is 253 g/mol. The number of hydrogen-bond acceptors (Lipinski definition) is 4. The Morgan fingerprint density at radius 3 is 3.06 bits per heavy atom. The van der Waals surface area contributed by atoms with Gasteiger partial charge >= 0.3 is 0 Å². The maximum absolute atomic E-state index is 5.42. The Hall–Kier alpha value is -0.910. The highest BCUT2D eigenvalue weighted by molar-refractivity contribution is 4.97. The molecule has 1 saturated carbocycles. The Labute approximate surface area is 108 Å². The lowest BCUT2D eigenvalue weighted by Gasteiger charge is -2.04. The number of ether oxygens (including phenoxy) is 2. The van der Waals surface area contributed by atoms with Crippen LogP contribution in [0.25, 0.3) is 0 Å². The Balaban J connectivity index is 1.54. The Kier molecular flexibility index (Phi) is 5.64. The molecule has 0 aromatic carbocycles. The summed E-state index contributed by atoms with van der Waals surface area (Å²) in [6.45, 7) is 3.97. The van der Waals surface area contributed by atoms with Gasteiger partial charge in [-0.15, -0.1) is 0 Å². The minimum atomic E-state index is 0.669. The van der Waals surface area contributed by atoms with Gasteiger partial charge in [0.2, 0.25) is 0 Å². The summed E-state index contributed by atoms with van der Waals surface area (Å²) in [5, 5.41) is 3.46. The minimum absolute atomic E-state index is 0.669. The van der Waals surface area contributed by atoms with Gasteiger partial charge in [-0.3, -0.25) is 0 Å². The van der Waals surface area contributed by atoms with Gasteiger partial charge in [-0.25, -0.2) is 4.98 Å². The van der Waals surface area contributed by atoms with Crippen molar-refractivity contribution in [3.05, 3.63) is 18.2 Å². The molecule has 1 heterocycles. The van der Waals surface area contributed by atoms with Crippen LogP contribution in [0.3, 0.4) is 0 Å². The van der Waals surface area contributed by atoms with E-state index in [1.165, 1.54) is 12.8 Å². The number of nitrogens with zero attached hydrogens (tertiary/aromatic N) is 2. The fraction of sp³-hybridized carbons (Fsp3) is 0.769. The van der Waals surface area contributed by atoms with Crippen molar-refractivity contribution in [2.24, 2.45) is 0 Å². The maximum Gasteiger partial charge on any atom is 0.0949 e. The highest BCUT2D eigenvalue weighted by Gasteiger charge is 2.20. The molecule has 0 spiro atoms. The molecule has 1 aliphatic carbocycles. The maximum atomic E-state index is 5.42. The summed E-state index contributed by atoms with van der Waals surface area (Å²) in [7, 11) is 1.69.